The molecule has 0 spiro atoms. The lowest BCUT2D eigenvalue weighted by atomic mass is 10.0. The van der Waals surface area contributed by atoms with Crippen molar-refractivity contribution in [1.29, 1.82) is 0 Å². The van der Waals surface area contributed by atoms with E-state index in [0.29, 0.717) is 11.1 Å². The van der Waals surface area contributed by atoms with E-state index in [1.54, 1.807) is 0 Å². The van der Waals surface area contributed by atoms with Gasteiger partial charge in [-0.1, -0.05) is 25.4 Å². The molecule has 0 unspecified atom stereocenters. The number of nitrogens with zero attached hydrogens (tertiary/aromatic N) is 1. The summed E-state index contributed by atoms with van der Waals surface area (Å²) in [4.78, 5) is 4.01. The van der Waals surface area contributed by atoms with Crippen LogP contribution in [0.2, 0.25) is 5.15 Å². The normalized spacial score (nSPS) is 10.8. The quantitative estimate of drug-likeness (QED) is 0.642. The van der Waals surface area contributed by atoms with E-state index in [4.69, 9.17) is 11.6 Å². The fourth-order valence-electron chi connectivity index (χ4n) is 1.20. The molecule has 0 saturated heterocycles. The zero-order chi connectivity index (χ0) is 9.14. The van der Waals surface area contributed by atoms with Gasteiger partial charge in [0.05, 0.1) is 0 Å². The summed E-state index contributed by atoms with van der Waals surface area (Å²) in [6.07, 6.45) is 2.91. The summed E-state index contributed by atoms with van der Waals surface area (Å²) < 4.78 is 0. The number of aryl methyl sites for hydroxylation is 1. The van der Waals surface area contributed by atoms with Gasteiger partial charge in [-0.3, -0.25) is 0 Å². The molecule has 12 heavy (non-hydrogen) atoms. The Bertz CT molecular complexity index is 269. The topological polar surface area (TPSA) is 12.9 Å². The molecule has 1 heterocycles. The summed E-state index contributed by atoms with van der Waals surface area (Å²) >= 11 is 5.79. The molecule has 66 valence electrons. The van der Waals surface area contributed by atoms with Gasteiger partial charge in [0.1, 0.15) is 5.15 Å². The van der Waals surface area contributed by atoms with E-state index < -0.39 is 0 Å². The van der Waals surface area contributed by atoms with Gasteiger partial charge >= 0.3 is 0 Å². The summed E-state index contributed by atoms with van der Waals surface area (Å²) in [6.45, 7) is 6.47. The Kier molecular flexibility index (Phi) is 3.10. The van der Waals surface area contributed by atoms with Gasteiger partial charge in [-0.15, -0.1) is 0 Å². The van der Waals surface area contributed by atoms with E-state index in [-0.39, 0.29) is 0 Å². The number of aromatic nitrogens is 1. The SMILES string of the molecule is Cc1cnc(Cl)cc1CC(C)C. The Morgan fingerprint density at radius 2 is 2.17 bits per heavy atom. The molecule has 0 bridgehead atoms. The van der Waals surface area contributed by atoms with E-state index in [1.807, 2.05) is 12.3 Å². The van der Waals surface area contributed by atoms with E-state index in [1.165, 1.54) is 11.1 Å². The van der Waals surface area contributed by atoms with Crippen molar-refractivity contribution >= 4 is 11.6 Å². The fourth-order valence-corrected chi connectivity index (χ4v) is 1.38. The highest BCUT2D eigenvalue weighted by Gasteiger charge is 2.02. The third kappa shape index (κ3) is 2.49. The van der Waals surface area contributed by atoms with Crippen LogP contribution in [-0.2, 0) is 6.42 Å². The van der Waals surface area contributed by atoms with Gasteiger partial charge in [-0.2, -0.15) is 0 Å². The van der Waals surface area contributed by atoms with Gasteiger partial charge in [0.25, 0.3) is 0 Å². The second-order valence-corrected chi connectivity index (χ2v) is 3.92. The van der Waals surface area contributed by atoms with Crippen LogP contribution in [0, 0.1) is 12.8 Å². The first-order valence-corrected chi connectivity index (χ1v) is 4.58. The van der Waals surface area contributed by atoms with Crippen LogP contribution >= 0.6 is 11.6 Å². The number of halogens is 1. The maximum atomic E-state index is 5.79. The van der Waals surface area contributed by atoms with Crippen molar-refractivity contribution in [1.82, 2.24) is 4.98 Å². The highest BCUT2D eigenvalue weighted by atomic mass is 35.5. The van der Waals surface area contributed by atoms with Crippen LogP contribution in [0.5, 0.6) is 0 Å². The van der Waals surface area contributed by atoms with Crippen molar-refractivity contribution in [2.75, 3.05) is 0 Å². The van der Waals surface area contributed by atoms with Crippen LogP contribution in [-0.4, -0.2) is 4.98 Å². The Morgan fingerprint density at radius 1 is 1.50 bits per heavy atom. The van der Waals surface area contributed by atoms with E-state index in [9.17, 15) is 0 Å². The van der Waals surface area contributed by atoms with Crippen molar-refractivity contribution in [3.8, 4) is 0 Å². The van der Waals surface area contributed by atoms with Crippen molar-refractivity contribution in [2.24, 2.45) is 5.92 Å². The minimum atomic E-state index is 0.594. The summed E-state index contributed by atoms with van der Waals surface area (Å²) in [6, 6.07) is 1.96. The van der Waals surface area contributed by atoms with E-state index >= 15 is 0 Å². The first kappa shape index (κ1) is 9.53. The predicted molar refractivity (Wildman–Crippen MR) is 52.5 cm³/mol. The number of rotatable bonds is 2. The van der Waals surface area contributed by atoms with Crippen LogP contribution < -0.4 is 0 Å². The number of hydrogen-bond acceptors (Lipinski definition) is 1. The monoisotopic (exact) mass is 183 g/mol. The predicted octanol–water partition coefficient (Wildman–Crippen LogP) is 3.24. The van der Waals surface area contributed by atoms with Crippen LogP contribution in [0.25, 0.3) is 0 Å². The molecule has 0 fully saturated rings. The summed E-state index contributed by atoms with van der Waals surface area (Å²) in [5, 5.41) is 0.594. The van der Waals surface area contributed by atoms with Gasteiger partial charge in [0.2, 0.25) is 0 Å². The fraction of sp³-hybridized carbons (Fsp3) is 0.500. The Morgan fingerprint density at radius 3 is 2.75 bits per heavy atom. The third-order valence-electron chi connectivity index (χ3n) is 1.81. The molecule has 0 N–H and O–H groups in total. The molecule has 0 aliphatic heterocycles. The van der Waals surface area contributed by atoms with Gasteiger partial charge in [0.15, 0.2) is 0 Å². The molecular formula is C10H14ClN. The van der Waals surface area contributed by atoms with Crippen molar-refractivity contribution < 1.29 is 0 Å². The third-order valence-corrected chi connectivity index (χ3v) is 2.02. The highest BCUT2D eigenvalue weighted by Crippen LogP contribution is 2.15. The first-order chi connectivity index (χ1) is 5.59. The van der Waals surface area contributed by atoms with Crippen LogP contribution in [0.15, 0.2) is 12.3 Å². The van der Waals surface area contributed by atoms with Crippen molar-refractivity contribution in [3.63, 3.8) is 0 Å². The molecule has 2 heteroatoms. The molecule has 0 aliphatic carbocycles. The average Bonchev–Trinajstić information content (AvgIpc) is 1.96. The van der Waals surface area contributed by atoms with Gasteiger partial charge in [-0.05, 0) is 36.5 Å². The smallest absolute Gasteiger partial charge is 0.129 e. The average molecular weight is 184 g/mol. The largest absolute Gasteiger partial charge is 0.244 e. The Hall–Kier alpha value is -0.560. The zero-order valence-corrected chi connectivity index (χ0v) is 8.52. The van der Waals surface area contributed by atoms with Gasteiger partial charge in [-0.25, -0.2) is 4.98 Å². The van der Waals surface area contributed by atoms with E-state index in [2.05, 4.69) is 25.8 Å². The highest BCUT2D eigenvalue weighted by molar-refractivity contribution is 6.29. The maximum Gasteiger partial charge on any atom is 0.129 e. The molecule has 0 amide bonds. The Labute approximate surface area is 78.8 Å². The molecule has 0 aromatic carbocycles. The Balaban J connectivity index is 2.90. The maximum absolute atomic E-state index is 5.79. The standard InChI is InChI=1S/C10H14ClN/c1-7(2)4-9-5-10(11)12-6-8(9)3/h5-7H,4H2,1-3H3. The second-order valence-electron chi connectivity index (χ2n) is 3.53. The minimum Gasteiger partial charge on any atom is -0.244 e. The first-order valence-electron chi connectivity index (χ1n) is 4.20. The molecule has 1 aromatic heterocycles. The summed E-state index contributed by atoms with van der Waals surface area (Å²) in [5.74, 6) is 0.669. The molecule has 0 saturated carbocycles. The molecule has 1 nitrogen and oxygen atoms in total. The van der Waals surface area contributed by atoms with Gasteiger partial charge < -0.3 is 0 Å². The molecule has 0 radical (unpaired) electrons. The van der Waals surface area contributed by atoms with Crippen LogP contribution in [0.3, 0.4) is 0 Å². The minimum absolute atomic E-state index is 0.594. The lowest BCUT2D eigenvalue weighted by molar-refractivity contribution is 0.644. The van der Waals surface area contributed by atoms with Crippen molar-refractivity contribution in [2.45, 2.75) is 27.2 Å². The molecule has 1 aromatic rings. The molecule has 0 atom stereocenters. The number of hydrogen-bond donors (Lipinski definition) is 0. The van der Waals surface area contributed by atoms with E-state index in [0.717, 1.165) is 6.42 Å². The molecule has 1 rings (SSSR count). The second kappa shape index (κ2) is 3.90. The van der Waals surface area contributed by atoms with Crippen molar-refractivity contribution in [3.05, 3.63) is 28.5 Å². The van der Waals surface area contributed by atoms with Crippen LogP contribution in [0.1, 0.15) is 25.0 Å². The molecule has 0 aliphatic rings. The summed E-state index contributed by atoms with van der Waals surface area (Å²) in [5.41, 5.74) is 2.54. The lowest BCUT2D eigenvalue weighted by Gasteiger charge is -2.07. The number of pyridine rings is 1. The lowest BCUT2D eigenvalue weighted by Crippen LogP contribution is -1.97. The van der Waals surface area contributed by atoms with Crippen LogP contribution in [0.4, 0.5) is 0 Å². The van der Waals surface area contributed by atoms with Gasteiger partial charge in [0, 0.05) is 6.20 Å². The molecular weight excluding hydrogens is 170 g/mol. The summed E-state index contributed by atoms with van der Waals surface area (Å²) in [7, 11) is 0. The zero-order valence-electron chi connectivity index (χ0n) is 7.76.